The van der Waals surface area contributed by atoms with Gasteiger partial charge in [-0.05, 0) is 27.7 Å². The molecule has 21 heavy (non-hydrogen) atoms. The first-order valence-electron chi connectivity index (χ1n) is 6.90. The molecule has 1 aliphatic heterocycles. The van der Waals surface area contributed by atoms with E-state index in [-0.39, 0.29) is 12.4 Å². The fourth-order valence-corrected chi connectivity index (χ4v) is 1.72. The minimum absolute atomic E-state index is 0.149. The van der Waals surface area contributed by atoms with Gasteiger partial charge in [0, 0.05) is 25.2 Å². The fraction of sp³-hybridized carbons (Fsp3) is 0.643. The van der Waals surface area contributed by atoms with Gasteiger partial charge < -0.3 is 14.8 Å². The number of rotatable bonds is 5. The van der Waals surface area contributed by atoms with Crippen molar-refractivity contribution in [1.29, 1.82) is 0 Å². The van der Waals surface area contributed by atoms with Crippen LogP contribution in [0.4, 0.5) is 4.79 Å². The largest absolute Gasteiger partial charge is 0.466 e. The van der Waals surface area contributed by atoms with E-state index in [9.17, 15) is 9.59 Å². The number of nitrogens with zero attached hydrogens (tertiary/aromatic N) is 1. The van der Waals surface area contributed by atoms with Crippen molar-refractivity contribution >= 4 is 18.3 Å². The van der Waals surface area contributed by atoms with E-state index >= 15 is 0 Å². The van der Waals surface area contributed by atoms with Gasteiger partial charge in [-0.15, -0.1) is 0 Å². The third-order valence-corrected chi connectivity index (χ3v) is 2.55. The second kappa shape index (κ2) is 7.10. The summed E-state index contributed by atoms with van der Waals surface area (Å²) in [6.45, 7) is 7.41. The summed E-state index contributed by atoms with van der Waals surface area (Å²) in [5, 5.41) is 5.70. The van der Waals surface area contributed by atoms with Gasteiger partial charge in [-0.1, -0.05) is 0 Å². The van der Waals surface area contributed by atoms with Crippen LogP contribution in [0.2, 0.25) is 0 Å². The van der Waals surface area contributed by atoms with Crippen LogP contribution < -0.4 is 10.6 Å². The molecule has 1 rings (SSSR count). The fourth-order valence-electron chi connectivity index (χ4n) is 1.72. The zero-order valence-corrected chi connectivity index (χ0v) is 12.9. The van der Waals surface area contributed by atoms with Crippen LogP contribution in [0.3, 0.4) is 0 Å². The van der Waals surface area contributed by atoms with Gasteiger partial charge in [0.15, 0.2) is 0 Å². The number of esters is 1. The summed E-state index contributed by atoms with van der Waals surface area (Å²) in [4.78, 5) is 27.4. The molecule has 0 aliphatic carbocycles. The lowest BCUT2D eigenvalue weighted by atomic mass is 10.0. The number of hydrogen-bond acceptors (Lipinski definition) is 6. The van der Waals surface area contributed by atoms with Crippen molar-refractivity contribution in [2.24, 2.45) is 4.99 Å². The van der Waals surface area contributed by atoms with Gasteiger partial charge in [0.1, 0.15) is 11.3 Å². The van der Waals surface area contributed by atoms with E-state index in [0.29, 0.717) is 13.0 Å². The van der Waals surface area contributed by atoms with Crippen LogP contribution in [0.1, 0.15) is 40.5 Å². The number of nitrogens with one attached hydrogen (secondary N) is 2. The van der Waals surface area contributed by atoms with Gasteiger partial charge in [0.2, 0.25) is 0 Å². The smallest absolute Gasteiger partial charge is 0.409 e. The summed E-state index contributed by atoms with van der Waals surface area (Å²) < 4.78 is 10.1. The van der Waals surface area contributed by atoms with Gasteiger partial charge in [0.05, 0.1) is 12.8 Å². The Hall–Kier alpha value is -2.05. The van der Waals surface area contributed by atoms with Gasteiger partial charge in [-0.3, -0.25) is 15.1 Å². The van der Waals surface area contributed by atoms with Gasteiger partial charge in [0.25, 0.3) is 0 Å². The van der Waals surface area contributed by atoms with Crippen LogP contribution in [0.15, 0.2) is 17.4 Å². The summed E-state index contributed by atoms with van der Waals surface area (Å²) in [7, 11) is 0. The molecule has 0 fully saturated rings. The molecule has 0 aromatic rings. The Bertz CT molecular complexity index is 440. The van der Waals surface area contributed by atoms with Gasteiger partial charge in [-0.2, -0.15) is 0 Å². The monoisotopic (exact) mass is 297 g/mol. The predicted molar refractivity (Wildman–Crippen MR) is 78.7 cm³/mol. The highest BCUT2D eigenvalue weighted by Gasteiger charge is 2.32. The van der Waals surface area contributed by atoms with E-state index in [1.54, 1.807) is 40.1 Å². The number of hydrogen-bond donors (Lipinski definition) is 2. The molecule has 0 bridgehead atoms. The topological polar surface area (TPSA) is 89.0 Å². The molecule has 1 amide bonds. The van der Waals surface area contributed by atoms with E-state index in [2.05, 4.69) is 15.6 Å². The van der Waals surface area contributed by atoms with E-state index in [1.807, 2.05) is 0 Å². The maximum atomic E-state index is 11.9. The Morgan fingerprint density at radius 2 is 2.10 bits per heavy atom. The van der Waals surface area contributed by atoms with Gasteiger partial charge in [-0.25, -0.2) is 4.79 Å². The molecule has 2 N–H and O–H groups in total. The Labute approximate surface area is 124 Å². The minimum atomic E-state index is -0.955. The maximum Gasteiger partial charge on any atom is 0.409 e. The maximum absolute atomic E-state index is 11.9. The number of ether oxygens (including phenoxy) is 2. The van der Waals surface area contributed by atoms with E-state index in [0.717, 1.165) is 0 Å². The van der Waals surface area contributed by atoms with Crippen molar-refractivity contribution in [3.05, 3.63) is 12.4 Å². The number of carbonyl (C=O) groups is 2. The highest BCUT2D eigenvalue weighted by atomic mass is 16.6. The summed E-state index contributed by atoms with van der Waals surface area (Å²) in [6, 6.07) is 0. The lowest BCUT2D eigenvalue weighted by molar-refractivity contribution is -0.143. The second-order valence-corrected chi connectivity index (χ2v) is 5.64. The molecule has 0 aromatic heterocycles. The second-order valence-electron chi connectivity index (χ2n) is 5.64. The van der Waals surface area contributed by atoms with Crippen molar-refractivity contribution in [2.45, 2.75) is 51.8 Å². The first-order chi connectivity index (χ1) is 9.76. The summed E-state index contributed by atoms with van der Waals surface area (Å²) in [5.74, 6) is -0.326. The zero-order chi connectivity index (χ0) is 15.9. The highest BCUT2D eigenvalue weighted by molar-refractivity contribution is 5.81. The molecule has 0 spiro atoms. The summed E-state index contributed by atoms with van der Waals surface area (Å²) in [6.07, 6.45) is 4.56. The minimum Gasteiger partial charge on any atom is -0.466 e. The Balaban J connectivity index is 2.67. The van der Waals surface area contributed by atoms with Crippen LogP contribution in [0.25, 0.3) is 0 Å². The van der Waals surface area contributed by atoms with Crippen molar-refractivity contribution in [1.82, 2.24) is 10.6 Å². The molecule has 1 atom stereocenters. The normalized spacial score (nSPS) is 20.6. The first kappa shape index (κ1) is 17.0. The quantitative estimate of drug-likeness (QED) is 0.754. The number of amides is 1. The van der Waals surface area contributed by atoms with Crippen molar-refractivity contribution in [3.8, 4) is 0 Å². The standard InChI is InChI=1S/C14H23N3O4/c1-5-20-11(18)6-7-14(10-15-8-9-16-14)17-12(19)21-13(2,3)4/h8-10,16H,5-7H2,1-4H3,(H,17,19). The predicted octanol–water partition coefficient (Wildman–Crippen LogP) is 1.70. The highest BCUT2D eigenvalue weighted by Crippen LogP contribution is 2.14. The molecule has 1 unspecified atom stereocenters. The SMILES string of the molecule is CCOC(=O)CCC1(NC(=O)OC(C)(C)C)C=NC=CN1. The van der Waals surface area contributed by atoms with Crippen molar-refractivity contribution in [3.63, 3.8) is 0 Å². The molecule has 0 saturated carbocycles. The van der Waals surface area contributed by atoms with Crippen LogP contribution in [0.5, 0.6) is 0 Å². The van der Waals surface area contributed by atoms with Crippen LogP contribution in [-0.2, 0) is 14.3 Å². The van der Waals surface area contributed by atoms with Crippen molar-refractivity contribution < 1.29 is 19.1 Å². The van der Waals surface area contributed by atoms with E-state index in [1.165, 1.54) is 6.21 Å². The molecule has 1 heterocycles. The summed E-state index contributed by atoms with van der Waals surface area (Å²) in [5.41, 5.74) is -1.56. The third kappa shape index (κ3) is 6.29. The lowest BCUT2D eigenvalue weighted by Gasteiger charge is -2.33. The van der Waals surface area contributed by atoms with Crippen LogP contribution >= 0.6 is 0 Å². The Kier molecular flexibility index (Phi) is 5.75. The summed E-state index contributed by atoms with van der Waals surface area (Å²) >= 11 is 0. The van der Waals surface area contributed by atoms with Crippen LogP contribution in [-0.4, -0.2) is 36.1 Å². The molecule has 0 radical (unpaired) electrons. The molecule has 7 nitrogen and oxygen atoms in total. The number of aliphatic imine (C=N–C) groups is 1. The first-order valence-corrected chi connectivity index (χ1v) is 6.90. The Morgan fingerprint density at radius 3 is 2.62 bits per heavy atom. The van der Waals surface area contributed by atoms with Crippen LogP contribution in [0, 0.1) is 0 Å². The average Bonchev–Trinajstić information content (AvgIpc) is 2.35. The van der Waals surface area contributed by atoms with E-state index < -0.39 is 17.4 Å². The average molecular weight is 297 g/mol. The molecular weight excluding hydrogens is 274 g/mol. The molecule has 0 aromatic carbocycles. The molecule has 1 aliphatic rings. The molecular formula is C14H23N3O4. The Morgan fingerprint density at radius 1 is 1.38 bits per heavy atom. The molecule has 7 heteroatoms. The lowest BCUT2D eigenvalue weighted by Crippen LogP contribution is -2.60. The van der Waals surface area contributed by atoms with E-state index in [4.69, 9.17) is 9.47 Å². The zero-order valence-electron chi connectivity index (χ0n) is 12.9. The molecule has 118 valence electrons. The number of alkyl carbamates (subject to hydrolysis) is 1. The molecule has 0 saturated heterocycles. The van der Waals surface area contributed by atoms with Crippen molar-refractivity contribution in [2.75, 3.05) is 6.61 Å². The third-order valence-electron chi connectivity index (χ3n) is 2.55. The van der Waals surface area contributed by atoms with Gasteiger partial charge >= 0.3 is 12.1 Å². The number of carbonyl (C=O) groups excluding carboxylic acids is 2.